The predicted octanol–water partition coefficient (Wildman–Crippen LogP) is 4.10. The van der Waals surface area contributed by atoms with Crippen LogP contribution in [0.5, 0.6) is 0 Å². The number of hydrogen-bond donors (Lipinski definition) is 0. The van der Waals surface area contributed by atoms with Gasteiger partial charge in [-0.3, -0.25) is 0 Å². The smallest absolute Gasteiger partial charge is 0.134 e. The van der Waals surface area contributed by atoms with Crippen molar-refractivity contribution in [2.75, 3.05) is 0 Å². The molecule has 1 aromatic carbocycles. The number of nitrogens with zero attached hydrogens (tertiary/aromatic N) is 1. The number of aryl methyl sites for hydroxylation is 1. The lowest BCUT2D eigenvalue weighted by Gasteiger charge is -2.06. The van der Waals surface area contributed by atoms with E-state index < -0.39 is 11.6 Å². The van der Waals surface area contributed by atoms with E-state index in [1.54, 1.807) is 19.1 Å². The van der Waals surface area contributed by atoms with Gasteiger partial charge in [-0.25, -0.2) is 13.8 Å². The summed E-state index contributed by atoms with van der Waals surface area (Å²) in [6.45, 7) is 1.65. The van der Waals surface area contributed by atoms with Crippen molar-refractivity contribution in [3.63, 3.8) is 0 Å². The minimum atomic E-state index is -0.568. The molecule has 1 aromatic heterocycles. The molecule has 16 heavy (non-hydrogen) atoms. The van der Waals surface area contributed by atoms with Gasteiger partial charge < -0.3 is 0 Å². The van der Waals surface area contributed by atoms with E-state index in [-0.39, 0.29) is 5.56 Å². The summed E-state index contributed by atoms with van der Waals surface area (Å²) < 4.78 is 27.9. The summed E-state index contributed by atoms with van der Waals surface area (Å²) in [6.07, 6.45) is 1.43. The van der Waals surface area contributed by atoms with Crippen molar-refractivity contribution in [2.24, 2.45) is 0 Å². The minimum absolute atomic E-state index is 0.0365. The monoisotopic (exact) mass is 283 g/mol. The molecule has 0 fully saturated rings. The van der Waals surface area contributed by atoms with E-state index in [4.69, 9.17) is 0 Å². The van der Waals surface area contributed by atoms with Crippen molar-refractivity contribution in [2.45, 2.75) is 6.92 Å². The number of benzene rings is 1. The molecule has 2 rings (SSSR count). The Morgan fingerprint density at radius 2 is 1.75 bits per heavy atom. The van der Waals surface area contributed by atoms with Gasteiger partial charge in [0.05, 0.1) is 5.56 Å². The van der Waals surface area contributed by atoms with Gasteiger partial charge in [0, 0.05) is 11.8 Å². The molecule has 0 spiro atoms. The van der Waals surface area contributed by atoms with Crippen molar-refractivity contribution < 1.29 is 8.78 Å². The van der Waals surface area contributed by atoms with Crippen molar-refractivity contribution in [3.05, 3.63) is 52.3 Å². The van der Waals surface area contributed by atoms with Crippen LogP contribution in [0.25, 0.3) is 11.1 Å². The summed E-state index contributed by atoms with van der Waals surface area (Å²) in [5.41, 5.74) is 0.952. The Balaban J connectivity index is 2.60. The lowest BCUT2D eigenvalue weighted by atomic mass is 10.0. The molecular formula is C12H8BrF2N. The molecule has 0 N–H and O–H groups in total. The molecule has 0 radical (unpaired) electrons. The molecule has 4 heteroatoms. The molecule has 1 heterocycles. The van der Waals surface area contributed by atoms with Crippen LogP contribution in [0.1, 0.15) is 5.56 Å². The van der Waals surface area contributed by atoms with E-state index in [0.29, 0.717) is 15.7 Å². The van der Waals surface area contributed by atoms with E-state index in [1.807, 2.05) is 0 Å². The van der Waals surface area contributed by atoms with Gasteiger partial charge in [-0.05, 0) is 52.7 Å². The third kappa shape index (κ3) is 2.11. The second-order valence-electron chi connectivity index (χ2n) is 3.47. The first kappa shape index (κ1) is 11.2. The third-order valence-corrected chi connectivity index (χ3v) is 2.67. The van der Waals surface area contributed by atoms with Crippen molar-refractivity contribution in [3.8, 4) is 11.1 Å². The summed E-state index contributed by atoms with van der Waals surface area (Å²) in [5, 5.41) is 0. The van der Waals surface area contributed by atoms with E-state index >= 15 is 0 Å². The molecule has 1 nitrogen and oxygen atoms in total. The van der Waals surface area contributed by atoms with E-state index in [1.165, 1.54) is 18.3 Å². The van der Waals surface area contributed by atoms with Crippen LogP contribution in [0.3, 0.4) is 0 Å². The number of rotatable bonds is 1. The fourth-order valence-corrected chi connectivity index (χ4v) is 1.73. The predicted molar refractivity (Wildman–Crippen MR) is 62.0 cm³/mol. The SMILES string of the molecule is Cc1cc(F)c(-c2ccc(Br)nc2)c(F)c1. The first-order valence-electron chi connectivity index (χ1n) is 4.65. The lowest BCUT2D eigenvalue weighted by molar-refractivity contribution is 0.587. The average Bonchev–Trinajstić information content (AvgIpc) is 2.19. The van der Waals surface area contributed by atoms with Crippen LogP contribution in [0.4, 0.5) is 8.78 Å². The lowest BCUT2D eigenvalue weighted by Crippen LogP contribution is -1.92. The van der Waals surface area contributed by atoms with Crippen LogP contribution in [-0.2, 0) is 0 Å². The number of pyridine rings is 1. The van der Waals surface area contributed by atoms with Crippen LogP contribution in [0.15, 0.2) is 35.1 Å². The van der Waals surface area contributed by atoms with Gasteiger partial charge in [-0.1, -0.05) is 0 Å². The van der Waals surface area contributed by atoms with E-state index in [9.17, 15) is 8.78 Å². The second kappa shape index (κ2) is 4.29. The second-order valence-corrected chi connectivity index (χ2v) is 4.29. The molecule has 0 bridgehead atoms. The molecule has 2 aromatic rings. The first-order chi connectivity index (χ1) is 7.58. The highest BCUT2D eigenvalue weighted by Gasteiger charge is 2.12. The molecule has 0 aliphatic rings. The van der Waals surface area contributed by atoms with Crippen LogP contribution in [-0.4, -0.2) is 4.98 Å². The van der Waals surface area contributed by atoms with Gasteiger partial charge in [0.2, 0.25) is 0 Å². The zero-order valence-corrected chi connectivity index (χ0v) is 10.1. The van der Waals surface area contributed by atoms with Gasteiger partial charge in [0.15, 0.2) is 0 Å². The summed E-state index contributed by atoms with van der Waals surface area (Å²) in [6, 6.07) is 5.88. The summed E-state index contributed by atoms with van der Waals surface area (Å²) in [5.74, 6) is -1.14. The minimum Gasteiger partial charge on any atom is -0.249 e. The Morgan fingerprint density at radius 3 is 2.25 bits per heavy atom. The molecular weight excluding hydrogens is 276 g/mol. The normalized spacial score (nSPS) is 10.5. The van der Waals surface area contributed by atoms with Gasteiger partial charge >= 0.3 is 0 Å². The largest absolute Gasteiger partial charge is 0.249 e. The Bertz CT molecular complexity index is 500. The Hall–Kier alpha value is -1.29. The molecule has 0 saturated heterocycles. The van der Waals surface area contributed by atoms with Crippen LogP contribution >= 0.6 is 15.9 Å². The van der Waals surface area contributed by atoms with Crippen molar-refractivity contribution >= 4 is 15.9 Å². The zero-order chi connectivity index (χ0) is 11.7. The number of aromatic nitrogens is 1. The Kier molecular flexibility index (Phi) is 3.01. The van der Waals surface area contributed by atoms with E-state index in [2.05, 4.69) is 20.9 Å². The van der Waals surface area contributed by atoms with Crippen molar-refractivity contribution in [1.29, 1.82) is 0 Å². The molecule has 0 aliphatic carbocycles. The molecule has 0 atom stereocenters. The maximum atomic E-state index is 13.6. The highest BCUT2D eigenvalue weighted by atomic mass is 79.9. The maximum absolute atomic E-state index is 13.6. The van der Waals surface area contributed by atoms with Gasteiger partial charge in [-0.15, -0.1) is 0 Å². The van der Waals surface area contributed by atoms with Crippen LogP contribution in [0, 0.1) is 18.6 Å². The van der Waals surface area contributed by atoms with Crippen LogP contribution in [0.2, 0.25) is 0 Å². The number of halogens is 3. The highest BCUT2D eigenvalue weighted by Crippen LogP contribution is 2.27. The fourth-order valence-electron chi connectivity index (χ4n) is 1.50. The molecule has 82 valence electrons. The summed E-state index contributed by atoms with van der Waals surface area (Å²) in [7, 11) is 0. The van der Waals surface area contributed by atoms with Gasteiger partial charge in [0.25, 0.3) is 0 Å². The Labute approximate surface area is 100 Å². The topological polar surface area (TPSA) is 12.9 Å². The Morgan fingerprint density at radius 1 is 1.12 bits per heavy atom. The third-order valence-electron chi connectivity index (χ3n) is 2.20. The highest BCUT2D eigenvalue weighted by molar-refractivity contribution is 9.10. The fraction of sp³-hybridized carbons (Fsp3) is 0.0833. The van der Waals surface area contributed by atoms with Gasteiger partial charge in [0.1, 0.15) is 16.2 Å². The van der Waals surface area contributed by atoms with Crippen molar-refractivity contribution in [1.82, 2.24) is 4.98 Å². The molecule has 0 saturated carbocycles. The average molecular weight is 284 g/mol. The summed E-state index contributed by atoms with van der Waals surface area (Å²) in [4.78, 5) is 3.94. The quantitative estimate of drug-likeness (QED) is 0.718. The number of hydrogen-bond acceptors (Lipinski definition) is 1. The summed E-state index contributed by atoms with van der Waals surface area (Å²) >= 11 is 3.17. The molecule has 0 aliphatic heterocycles. The standard InChI is InChI=1S/C12H8BrF2N/c1-7-4-9(14)12(10(15)5-7)8-2-3-11(13)16-6-8/h2-6H,1H3. The van der Waals surface area contributed by atoms with Gasteiger partial charge in [-0.2, -0.15) is 0 Å². The van der Waals surface area contributed by atoms with Crippen LogP contribution < -0.4 is 0 Å². The van der Waals surface area contributed by atoms with E-state index in [0.717, 1.165) is 0 Å². The maximum Gasteiger partial charge on any atom is 0.134 e. The molecule has 0 amide bonds. The molecule has 0 unspecified atom stereocenters. The zero-order valence-electron chi connectivity index (χ0n) is 8.47. The first-order valence-corrected chi connectivity index (χ1v) is 5.45.